The molecule has 0 spiro atoms. The summed E-state index contributed by atoms with van der Waals surface area (Å²) < 4.78 is 5.05. The van der Waals surface area contributed by atoms with E-state index < -0.39 is 0 Å². The molecule has 1 rings (SSSR count). The van der Waals surface area contributed by atoms with Gasteiger partial charge in [0.25, 0.3) is 6.26 Å². The number of ether oxygens (including phenoxy) is 1. The van der Waals surface area contributed by atoms with Crippen LogP contribution >= 0.6 is 0 Å². The molecule has 0 saturated heterocycles. The molecule has 0 aliphatic heterocycles. The first-order valence-corrected chi connectivity index (χ1v) is 6.32. The second kappa shape index (κ2) is 6.71. The zero-order valence-electron chi connectivity index (χ0n) is 10.0. The second-order valence-electron chi connectivity index (χ2n) is 4.84. The summed E-state index contributed by atoms with van der Waals surface area (Å²) >= 11 is 0. The van der Waals surface area contributed by atoms with Crippen LogP contribution in [0.15, 0.2) is 0 Å². The van der Waals surface area contributed by atoms with E-state index in [-0.39, 0.29) is 6.10 Å². The molecule has 1 aliphatic rings. The maximum absolute atomic E-state index is 8.49. The largest absolute Gasteiger partial charge is 0.424 e. The van der Waals surface area contributed by atoms with Gasteiger partial charge in [-0.25, -0.2) is 0 Å². The van der Waals surface area contributed by atoms with Crippen LogP contribution in [0.1, 0.15) is 58.8 Å². The predicted octanol–water partition coefficient (Wildman–Crippen LogP) is 3.87. The molecule has 0 N–H and O–H groups in total. The van der Waals surface area contributed by atoms with Crippen LogP contribution in [0.2, 0.25) is 0 Å². The van der Waals surface area contributed by atoms with Crippen molar-refractivity contribution < 1.29 is 4.74 Å². The summed E-state index contributed by atoms with van der Waals surface area (Å²) in [6, 6.07) is 0. The minimum Gasteiger partial charge on any atom is -0.424 e. The number of rotatable bonds is 3. The highest BCUT2D eigenvalue weighted by molar-refractivity contribution is 4.73. The maximum atomic E-state index is 8.49. The van der Waals surface area contributed by atoms with Gasteiger partial charge in [0.2, 0.25) is 0 Å². The molecule has 0 aromatic carbocycles. The lowest BCUT2D eigenvalue weighted by Gasteiger charge is -2.27. The predicted molar refractivity (Wildman–Crippen MR) is 61.1 cm³/mol. The summed E-state index contributed by atoms with van der Waals surface area (Å²) in [7, 11) is 0. The van der Waals surface area contributed by atoms with Crippen LogP contribution < -0.4 is 0 Å². The van der Waals surface area contributed by atoms with Gasteiger partial charge in [0, 0.05) is 0 Å². The van der Waals surface area contributed by atoms with Crippen LogP contribution in [-0.4, -0.2) is 6.10 Å². The Morgan fingerprint density at radius 1 is 1.27 bits per heavy atom. The Balaban J connectivity index is 2.33. The molecule has 1 fully saturated rings. The van der Waals surface area contributed by atoms with E-state index in [2.05, 4.69) is 13.8 Å². The first-order chi connectivity index (χ1) is 7.27. The molecule has 1 unspecified atom stereocenters. The number of hydrogen-bond donors (Lipinski definition) is 0. The van der Waals surface area contributed by atoms with E-state index in [9.17, 15) is 0 Å². The monoisotopic (exact) mass is 209 g/mol. The van der Waals surface area contributed by atoms with E-state index in [1.54, 1.807) is 0 Å². The average Bonchev–Trinajstić information content (AvgIpc) is 2.21. The van der Waals surface area contributed by atoms with E-state index in [0.29, 0.717) is 0 Å². The highest BCUT2D eigenvalue weighted by Crippen LogP contribution is 2.30. The van der Waals surface area contributed by atoms with Crippen molar-refractivity contribution in [3.05, 3.63) is 0 Å². The molecule has 0 aromatic heterocycles. The fourth-order valence-corrected chi connectivity index (χ4v) is 2.60. The van der Waals surface area contributed by atoms with Crippen LogP contribution in [0.25, 0.3) is 0 Å². The molecule has 15 heavy (non-hydrogen) atoms. The fraction of sp³-hybridized carbons (Fsp3) is 0.923. The first kappa shape index (κ1) is 12.4. The Hall–Kier alpha value is -0.710. The van der Waals surface area contributed by atoms with Gasteiger partial charge in [0.15, 0.2) is 0 Å². The highest BCUT2D eigenvalue weighted by Gasteiger charge is 2.20. The van der Waals surface area contributed by atoms with Gasteiger partial charge in [-0.2, -0.15) is 5.26 Å². The van der Waals surface area contributed by atoms with E-state index in [1.807, 2.05) is 6.26 Å². The standard InChI is InChI=1S/C13H23NO/c1-3-11(2)12-6-4-8-13(15-10-14)9-5-7-12/h11-13H,3-9H2,1-2H3. The maximum Gasteiger partial charge on any atom is 0.286 e. The van der Waals surface area contributed by atoms with Crippen molar-refractivity contribution in [2.45, 2.75) is 64.9 Å². The summed E-state index contributed by atoms with van der Waals surface area (Å²) in [4.78, 5) is 0. The molecule has 0 bridgehead atoms. The average molecular weight is 209 g/mol. The van der Waals surface area contributed by atoms with Crippen molar-refractivity contribution >= 4 is 0 Å². The van der Waals surface area contributed by atoms with E-state index in [0.717, 1.165) is 24.7 Å². The third-order valence-corrected chi connectivity index (χ3v) is 3.87. The summed E-state index contributed by atoms with van der Waals surface area (Å²) in [5.41, 5.74) is 0. The summed E-state index contributed by atoms with van der Waals surface area (Å²) in [6.07, 6.45) is 10.6. The molecule has 0 radical (unpaired) electrons. The second-order valence-corrected chi connectivity index (χ2v) is 4.84. The molecule has 1 saturated carbocycles. The minimum atomic E-state index is 0.202. The van der Waals surface area contributed by atoms with E-state index >= 15 is 0 Å². The van der Waals surface area contributed by atoms with Crippen molar-refractivity contribution in [3.8, 4) is 6.26 Å². The third kappa shape index (κ3) is 4.11. The molecule has 2 heteroatoms. The number of nitriles is 1. The van der Waals surface area contributed by atoms with Gasteiger partial charge in [0.05, 0.1) is 0 Å². The fourth-order valence-electron chi connectivity index (χ4n) is 2.60. The van der Waals surface area contributed by atoms with Gasteiger partial charge in [-0.15, -0.1) is 0 Å². The van der Waals surface area contributed by atoms with Crippen LogP contribution in [-0.2, 0) is 4.74 Å². The van der Waals surface area contributed by atoms with Gasteiger partial charge < -0.3 is 4.74 Å². The molecule has 0 amide bonds. The lowest BCUT2D eigenvalue weighted by atomic mass is 9.81. The molecule has 0 heterocycles. The Bertz CT molecular complexity index is 199. The van der Waals surface area contributed by atoms with E-state index in [1.165, 1.54) is 32.1 Å². The molecule has 86 valence electrons. The van der Waals surface area contributed by atoms with Crippen molar-refractivity contribution in [3.63, 3.8) is 0 Å². The van der Waals surface area contributed by atoms with Crippen LogP contribution in [0.3, 0.4) is 0 Å². The Kier molecular flexibility index (Phi) is 5.53. The molecule has 1 aliphatic carbocycles. The summed E-state index contributed by atoms with van der Waals surface area (Å²) in [5, 5.41) is 8.49. The molecule has 0 aromatic rings. The SMILES string of the molecule is CCC(C)C1CCCC(OC#N)CCC1. The van der Waals surface area contributed by atoms with Gasteiger partial charge in [-0.1, -0.05) is 33.1 Å². The Morgan fingerprint density at radius 2 is 1.87 bits per heavy atom. The van der Waals surface area contributed by atoms with Crippen molar-refractivity contribution in [1.82, 2.24) is 0 Å². The normalized spacial score (nSPS) is 29.7. The minimum absolute atomic E-state index is 0.202. The zero-order chi connectivity index (χ0) is 11.1. The molecule has 2 nitrogen and oxygen atoms in total. The molecule has 1 atom stereocenters. The number of nitrogens with zero attached hydrogens (tertiary/aromatic N) is 1. The zero-order valence-corrected chi connectivity index (χ0v) is 10.0. The molecular formula is C13H23NO. The first-order valence-electron chi connectivity index (χ1n) is 6.32. The van der Waals surface area contributed by atoms with Gasteiger partial charge in [-0.3, -0.25) is 0 Å². The van der Waals surface area contributed by atoms with Crippen LogP contribution in [0.5, 0.6) is 0 Å². The smallest absolute Gasteiger partial charge is 0.286 e. The van der Waals surface area contributed by atoms with Crippen molar-refractivity contribution in [1.29, 1.82) is 5.26 Å². The Labute approximate surface area is 93.6 Å². The Morgan fingerprint density at radius 3 is 2.33 bits per heavy atom. The lowest BCUT2D eigenvalue weighted by molar-refractivity contribution is 0.117. The number of hydrogen-bond acceptors (Lipinski definition) is 2. The van der Waals surface area contributed by atoms with Crippen LogP contribution in [0, 0.1) is 23.4 Å². The van der Waals surface area contributed by atoms with Crippen molar-refractivity contribution in [2.75, 3.05) is 0 Å². The highest BCUT2D eigenvalue weighted by atomic mass is 16.5. The quantitative estimate of drug-likeness (QED) is 0.661. The summed E-state index contributed by atoms with van der Waals surface area (Å²) in [6.45, 7) is 4.65. The van der Waals surface area contributed by atoms with Crippen LogP contribution in [0.4, 0.5) is 0 Å². The van der Waals surface area contributed by atoms with Gasteiger partial charge >= 0.3 is 0 Å². The third-order valence-electron chi connectivity index (χ3n) is 3.87. The van der Waals surface area contributed by atoms with Gasteiger partial charge in [0.1, 0.15) is 6.10 Å². The van der Waals surface area contributed by atoms with Crippen molar-refractivity contribution in [2.24, 2.45) is 11.8 Å². The van der Waals surface area contributed by atoms with Gasteiger partial charge in [-0.05, 0) is 37.5 Å². The topological polar surface area (TPSA) is 33.0 Å². The summed E-state index contributed by atoms with van der Waals surface area (Å²) in [5.74, 6) is 1.76. The lowest BCUT2D eigenvalue weighted by Crippen LogP contribution is -2.18. The molecular weight excluding hydrogens is 186 g/mol. The van der Waals surface area contributed by atoms with E-state index in [4.69, 9.17) is 10.00 Å².